The van der Waals surface area contributed by atoms with Gasteiger partial charge in [-0.1, -0.05) is 29.8 Å². The summed E-state index contributed by atoms with van der Waals surface area (Å²) in [5, 5.41) is 5.85. The van der Waals surface area contributed by atoms with Crippen molar-refractivity contribution in [1.82, 2.24) is 15.3 Å². The zero-order valence-corrected chi connectivity index (χ0v) is 18.5. The molecule has 34 heavy (non-hydrogen) atoms. The summed E-state index contributed by atoms with van der Waals surface area (Å²) in [5.74, 6) is 0.200. The lowest BCUT2D eigenvalue weighted by atomic mass is 10.1. The summed E-state index contributed by atoms with van der Waals surface area (Å²) in [6.45, 7) is 0.215. The largest absolute Gasteiger partial charge is 0.497 e. The van der Waals surface area contributed by atoms with Crippen LogP contribution in [0.5, 0.6) is 5.75 Å². The third kappa shape index (κ3) is 5.20. The van der Waals surface area contributed by atoms with E-state index in [1.54, 1.807) is 37.4 Å². The first-order valence-corrected chi connectivity index (χ1v) is 10.4. The lowest BCUT2D eigenvalue weighted by molar-refractivity contribution is -0.137. The zero-order chi connectivity index (χ0) is 24.3. The Balaban J connectivity index is 1.69. The molecule has 6 nitrogen and oxygen atoms in total. The molecule has 0 saturated carbocycles. The molecule has 1 amide bonds. The van der Waals surface area contributed by atoms with E-state index in [2.05, 4.69) is 20.6 Å². The second kappa shape index (κ2) is 9.56. The second-order valence-corrected chi connectivity index (χ2v) is 7.67. The van der Waals surface area contributed by atoms with Gasteiger partial charge in [0, 0.05) is 18.4 Å². The van der Waals surface area contributed by atoms with Crippen LogP contribution in [0, 0.1) is 0 Å². The molecule has 10 heteroatoms. The van der Waals surface area contributed by atoms with Crippen molar-refractivity contribution in [2.75, 3.05) is 12.4 Å². The van der Waals surface area contributed by atoms with Crippen molar-refractivity contribution in [3.63, 3.8) is 0 Å². The molecule has 4 rings (SSSR count). The Labute approximate surface area is 197 Å². The summed E-state index contributed by atoms with van der Waals surface area (Å²) in [6.07, 6.45) is -3.17. The lowest BCUT2D eigenvalue weighted by Gasteiger charge is -2.16. The van der Waals surface area contributed by atoms with Gasteiger partial charge in [0.05, 0.1) is 29.4 Å². The highest BCUT2D eigenvalue weighted by Crippen LogP contribution is 2.33. The molecule has 4 aromatic rings. The molecule has 0 unspecified atom stereocenters. The Morgan fingerprint density at radius 3 is 2.56 bits per heavy atom. The number of alkyl halides is 3. The number of ether oxygens (including phenoxy) is 1. The number of nitrogens with one attached hydrogen (secondary N) is 2. The van der Waals surface area contributed by atoms with Crippen LogP contribution >= 0.6 is 11.6 Å². The monoisotopic (exact) mass is 486 g/mol. The number of hydrogen-bond acceptors (Lipinski definition) is 5. The minimum Gasteiger partial charge on any atom is -0.497 e. The van der Waals surface area contributed by atoms with Crippen LogP contribution < -0.4 is 15.4 Å². The first-order valence-electron chi connectivity index (χ1n) is 10.1. The van der Waals surface area contributed by atoms with Crippen LogP contribution in [0.25, 0.3) is 11.0 Å². The fraction of sp³-hybridized carbons (Fsp3) is 0.125. The van der Waals surface area contributed by atoms with Crippen LogP contribution in [-0.2, 0) is 12.7 Å². The van der Waals surface area contributed by atoms with Crippen LogP contribution in [0.2, 0.25) is 5.15 Å². The third-order valence-electron chi connectivity index (χ3n) is 4.99. The Morgan fingerprint density at radius 1 is 1.09 bits per heavy atom. The highest BCUT2D eigenvalue weighted by Gasteiger charge is 2.30. The Bertz CT molecular complexity index is 1340. The zero-order valence-electron chi connectivity index (χ0n) is 17.8. The number of rotatable bonds is 6. The van der Waals surface area contributed by atoms with Crippen molar-refractivity contribution in [3.8, 4) is 5.75 Å². The van der Waals surface area contributed by atoms with E-state index < -0.39 is 17.6 Å². The number of fused-ring (bicyclic) bond motifs is 1. The maximum Gasteiger partial charge on any atom is 0.416 e. The molecule has 0 aliphatic rings. The van der Waals surface area contributed by atoms with Crippen molar-refractivity contribution >= 4 is 39.9 Å². The van der Waals surface area contributed by atoms with E-state index in [0.29, 0.717) is 11.3 Å². The average molecular weight is 487 g/mol. The minimum atomic E-state index is -4.52. The van der Waals surface area contributed by atoms with E-state index in [4.69, 9.17) is 16.3 Å². The Hall–Kier alpha value is -3.85. The van der Waals surface area contributed by atoms with Gasteiger partial charge in [-0.2, -0.15) is 13.2 Å². The number of aromatic nitrogens is 2. The third-order valence-corrected chi connectivity index (χ3v) is 5.21. The number of pyridine rings is 2. The number of anilines is 2. The van der Waals surface area contributed by atoms with E-state index in [9.17, 15) is 18.0 Å². The average Bonchev–Trinajstić information content (AvgIpc) is 2.83. The molecule has 174 valence electrons. The maximum absolute atomic E-state index is 13.2. The van der Waals surface area contributed by atoms with E-state index in [0.717, 1.165) is 17.7 Å². The molecule has 0 aliphatic heterocycles. The van der Waals surface area contributed by atoms with Gasteiger partial charge in [-0.15, -0.1) is 0 Å². The summed E-state index contributed by atoms with van der Waals surface area (Å²) >= 11 is 6.05. The van der Waals surface area contributed by atoms with Crippen LogP contribution in [0.1, 0.15) is 21.5 Å². The highest BCUT2D eigenvalue weighted by molar-refractivity contribution is 6.30. The first kappa shape index (κ1) is 23.3. The second-order valence-electron chi connectivity index (χ2n) is 7.28. The molecule has 2 aromatic carbocycles. The fourth-order valence-corrected chi connectivity index (χ4v) is 3.43. The Morgan fingerprint density at radius 2 is 1.85 bits per heavy atom. The van der Waals surface area contributed by atoms with Crippen molar-refractivity contribution in [1.29, 1.82) is 0 Å². The van der Waals surface area contributed by atoms with Crippen molar-refractivity contribution in [3.05, 3.63) is 88.7 Å². The van der Waals surface area contributed by atoms with E-state index >= 15 is 0 Å². The van der Waals surface area contributed by atoms with Crippen molar-refractivity contribution in [2.24, 2.45) is 0 Å². The van der Waals surface area contributed by atoms with Gasteiger partial charge in [0.1, 0.15) is 16.4 Å². The molecule has 0 bridgehead atoms. The van der Waals surface area contributed by atoms with Crippen molar-refractivity contribution < 1.29 is 22.7 Å². The van der Waals surface area contributed by atoms with Gasteiger partial charge in [0.25, 0.3) is 5.91 Å². The number of benzene rings is 2. The van der Waals surface area contributed by atoms with Gasteiger partial charge in [-0.25, -0.2) is 4.98 Å². The van der Waals surface area contributed by atoms with E-state index in [1.165, 1.54) is 24.4 Å². The molecular formula is C24H18ClF3N4O2. The highest BCUT2D eigenvalue weighted by atomic mass is 35.5. The molecule has 0 aliphatic carbocycles. The molecule has 2 aromatic heterocycles. The van der Waals surface area contributed by atoms with Crippen LogP contribution in [0.3, 0.4) is 0 Å². The number of carbonyl (C=O) groups is 1. The molecule has 2 heterocycles. The molecule has 0 fully saturated rings. The Kier molecular flexibility index (Phi) is 6.56. The smallest absolute Gasteiger partial charge is 0.416 e. The summed E-state index contributed by atoms with van der Waals surface area (Å²) in [7, 11) is 1.56. The minimum absolute atomic E-state index is 0.105. The maximum atomic E-state index is 13.2. The summed E-state index contributed by atoms with van der Waals surface area (Å²) in [4.78, 5) is 21.6. The predicted molar refractivity (Wildman–Crippen MR) is 123 cm³/mol. The molecule has 0 saturated heterocycles. The number of methoxy groups -OCH3 is 1. The fourth-order valence-electron chi connectivity index (χ4n) is 3.28. The molecular weight excluding hydrogens is 469 g/mol. The molecule has 2 N–H and O–H groups in total. The number of nitrogens with zero attached hydrogens (tertiary/aromatic N) is 2. The normalized spacial score (nSPS) is 11.3. The van der Waals surface area contributed by atoms with Gasteiger partial charge >= 0.3 is 6.18 Å². The van der Waals surface area contributed by atoms with Gasteiger partial charge in [-0.05, 0) is 48.0 Å². The SMILES string of the molecule is COc1ccc(CNC(=O)c2cnc3ccc(Cl)nc3c2Nc2cccc(C(F)(F)F)c2)cc1. The van der Waals surface area contributed by atoms with Gasteiger partial charge in [0.15, 0.2) is 0 Å². The molecule has 0 atom stereocenters. The topological polar surface area (TPSA) is 76.1 Å². The van der Waals surface area contributed by atoms with E-state index in [-0.39, 0.29) is 34.2 Å². The number of amides is 1. The molecule has 0 radical (unpaired) electrons. The predicted octanol–water partition coefficient (Wildman–Crippen LogP) is 5.98. The van der Waals surface area contributed by atoms with Crippen LogP contribution in [0.4, 0.5) is 24.5 Å². The summed E-state index contributed by atoms with van der Waals surface area (Å²) < 4.78 is 44.7. The number of hydrogen-bond donors (Lipinski definition) is 2. The number of halogens is 4. The summed E-state index contributed by atoms with van der Waals surface area (Å²) in [6, 6.07) is 15.0. The van der Waals surface area contributed by atoms with Gasteiger partial charge in [0.2, 0.25) is 0 Å². The van der Waals surface area contributed by atoms with Gasteiger partial charge in [-0.3, -0.25) is 9.78 Å². The summed E-state index contributed by atoms with van der Waals surface area (Å²) in [5.41, 5.74) is 1.11. The molecule has 0 spiro atoms. The van der Waals surface area contributed by atoms with Gasteiger partial charge < -0.3 is 15.4 Å². The number of carbonyl (C=O) groups excluding carboxylic acids is 1. The standard InChI is InChI=1S/C24H18ClF3N4O2/c1-34-17-7-5-14(6-8-17)12-30-23(33)18-13-29-19-9-10-20(25)32-22(19)21(18)31-16-4-2-3-15(11-16)24(26,27)28/h2-11,13H,12H2,1H3,(H,29,31)(H,30,33). The first-order chi connectivity index (χ1) is 16.2. The quantitative estimate of drug-likeness (QED) is 0.328. The van der Waals surface area contributed by atoms with E-state index in [1.807, 2.05) is 0 Å². The van der Waals surface area contributed by atoms with Crippen LogP contribution in [0.15, 0.2) is 66.9 Å². The lowest BCUT2D eigenvalue weighted by Crippen LogP contribution is -2.24. The van der Waals surface area contributed by atoms with Crippen molar-refractivity contribution in [2.45, 2.75) is 12.7 Å². The van der Waals surface area contributed by atoms with Crippen LogP contribution in [-0.4, -0.2) is 23.0 Å².